The Kier molecular flexibility index (Phi) is 13.1. The van der Waals surface area contributed by atoms with Crippen LogP contribution in [-0.2, 0) is 33.3 Å². The van der Waals surface area contributed by atoms with E-state index in [0.717, 1.165) is 0 Å². The number of epoxide rings is 1. The van der Waals surface area contributed by atoms with Crippen molar-refractivity contribution in [3.63, 3.8) is 0 Å². The van der Waals surface area contributed by atoms with Gasteiger partial charge in [-0.05, 0) is 19.9 Å². The molecular formula is C33H48N2O12. The van der Waals surface area contributed by atoms with Crippen LogP contribution >= 0.6 is 0 Å². The van der Waals surface area contributed by atoms with Crippen molar-refractivity contribution in [3.8, 4) is 0 Å². The van der Waals surface area contributed by atoms with Gasteiger partial charge in [0.25, 0.3) is 0 Å². The summed E-state index contributed by atoms with van der Waals surface area (Å²) in [5.74, 6) is -4.66. The van der Waals surface area contributed by atoms with Gasteiger partial charge in [-0.3, -0.25) is 4.79 Å². The van der Waals surface area contributed by atoms with Crippen LogP contribution in [0.25, 0.3) is 0 Å². The van der Waals surface area contributed by atoms with Crippen LogP contribution in [0.4, 0.5) is 0 Å². The maximum atomic E-state index is 12.5. The minimum Gasteiger partial charge on any atom is -0.459 e. The van der Waals surface area contributed by atoms with E-state index in [0.29, 0.717) is 6.42 Å². The van der Waals surface area contributed by atoms with E-state index in [4.69, 9.17) is 35.2 Å². The summed E-state index contributed by atoms with van der Waals surface area (Å²) in [6, 6.07) is -1.06. The predicted molar refractivity (Wildman–Crippen MR) is 167 cm³/mol. The lowest BCUT2D eigenvalue weighted by Gasteiger charge is -2.45. The number of aliphatic hydroxyl groups is 5. The number of nitrogens with two attached hydrogens (primary N) is 2. The summed E-state index contributed by atoms with van der Waals surface area (Å²) in [7, 11) is 0. The number of allylic oxidation sites excluding steroid dienone is 6. The summed E-state index contributed by atoms with van der Waals surface area (Å²) in [5.41, 5.74) is 11.6. The minimum atomic E-state index is -2.04. The van der Waals surface area contributed by atoms with Crippen LogP contribution < -0.4 is 11.5 Å². The fourth-order valence-corrected chi connectivity index (χ4v) is 6.05. The molecule has 4 aliphatic rings. The summed E-state index contributed by atoms with van der Waals surface area (Å²) in [6.45, 7) is 3.36. The highest BCUT2D eigenvalue weighted by Crippen LogP contribution is 2.39. The van der Waals surface area contributed by atoms with E-state index < -0.39 is 97.3 Å². The van der Waals surface area contributed by atoms with E-state index in [1.54, 1.807) is 56.4 Å². The molecule has 0 saturated carbocycles. The van der Waals surface area contributed by atoms with Gasteiger partial charge in [-0.15, -0.1) is 0 Å². The Morgan fingerprint density at radius 2 is 1.64 bits per heavy atom. The molecule has 47 heavy (non-hydrogen) atoms. The van der Waals surface area contributed by atoms with Crippen LogP contribution in [0, 0.1) is 5.92 Å². The molecule has 14 heteroatoms. The van der Waals surface area contributed by atoms with Crippen LogP contribution in [0.3, 0.4) is 0 Å². The molecule has 0 aliphatic carbocycles. The van der Waals surface area contributed by atoms with Crippen LogP contribution in [0.15, 0.2) is 60.8 Å². The van der Waals surface area contributed by atoms with Crippen LogP contribution in [0.1, 0.15) is 46.0 Å². The lowest BCUT2D eigenvalue weighted by Crippen LogP contribution is -2.61. The maximum Gasteiger partial charge on any atom is 0.330 e. The van der Waals surface area contributed by atoms with Crippen molar-refractivity contribution in [1.82, 2.24) is 0 Å². The molecule has 2 bridgehead atoms. The highest BCUT2D eigenvalue weighted by molar-refractivity contribution is 5.82. The van der Waals surface area contributed by atoms with Crippen molar-refractivity contribution in [1.29, 1.82) is 0 Å². The Balaban J connectivity index is 1.58. The van der Waals surface area contributed by atoms with Crippen molar-refractivity contribution < 1.29 is 58.8 Å². The first-order valence-electron chi connectivity index (χ1n) is 16.0. The quantitative estimate of drug-likeness (QED) is 0.149. The number of aliphatic hydroxyl groups excluding tert-OH is 4. The lowest BCUT2D eigenvalue weighted by atomic mass is 9.82. The van der Waals surface area contributed by atoms with Gasteiger partial charge in [-0.25, -0.2) is 4.79 Å². The number of carbonyl (C=O) groups is 2. The topological polar surface area (TPSA) is 237 Å². The largest absolute Gasteiger partial charge is 0.459 e. The molecule has 14 nitrogen and oxygen atoms in total. The molecule has 0 radical (unpaired) electrons. The van der Waals surface area contributed by atoms with Gasteiger partial charge in [0.15, 0.2) is 12.1 Å². The third-order valence-electron chi connectivity index (χ3n) is 8.62. The molecule has 4 aliphatic heterocycles. The van der Waals surface area contributed by atoms with Crippen LogP contribution in [0.2, 0.25) is 0 Å². The molecule has 1 amide bonds. The molecule has 0 aromatic rings. The van der Waals surface area contributed by atoms with Crippen molar-refractivity contribution in [2.24, 2.45) is 17.4 Å². The summed E-state index contributed by atoms with van der Waals surface area (Å²) in [5, 5.41) is 54.1. The van der Waals surface area contributed by atoms with E-state index in [9.17, 15) is 35.1 Å². The second-order valence-corrected chi connectivity index (χ2v) is 12.6. The van der Waals surface area contributed by atoms with Gasteiger partial charge in [0.05, 0.1) is 54.7 Å². The summed E-state index contributed by atoms with van der Waals surface area (Å²) in [4.78, 5) is 24.7. The smallest absolute Gasteiger partial charge is 0.330 e. The molecule has 0 aromatic carbocycles. The Hall–Kier alpha value is -2.76. The molecule has 262 valence electrons. The van der Waals surface area contributed by atoms with Crippen molar-refractivity contribution >= 4 is 11.9 Å². The highest BCUT2D eigenvalue weighted by atomic mass is 16.7. The molecule has 4 heterocycles. The minimum absolute atomic E-state index is 0.104. The van der Waals surface area contributed by atoms with Crippen molar-refractivity contribution in [2.75, 3.05) is 0 Å². The zero-order valence-electron chi connectivity index (χ0n) is 26.6. The Bertz CT molecular complexity index is 1220. The molecule has 0 spiro atoms. The van der Waals surface area contributed by atoms with E-state index in [1.165, 1.54) is 6.08 Å². The lowest BCUT2D eigenvalue weighted by molar-refractivity contribution is -0.306. The fourth-order valence-electron chi connectivity index (χ4n) is 6.05. The Morgan fingerprint density at radius 1 is 0.936 bits per heavy atom. The molecule has 14 atom stereocenters. The molecule has 0 aromatic heterocycles. The van der Waals surface area contributed by atoms with Gasteiger partial charge in [0.1, 0.15) is 18.3 Å². The number of rotatable bonds is 3. The number of hydrogen-bond acceptors (Lipinski definition) is 13. The monoisotopic (exact) mass is 664 g/mol. The van der Waals surface area contributed by atoms with Gasteiger partial charge in [-0.1, -0.05) is 48.6 Å². The van der Waals surface area contributed by atoms with E-state index >= 15 is 0 Å². The maximum absolute atomic E-state index is 12.5. The number of fused-ring (bicyclic) bond motifs is 3. The predicted octanol–water partition coefficient (Wildman–Crippen LogP) is -0.480. The first-order valence-corrected chi connectivity index (χ1v) is 16.0. The fraction of sp³-hybridized carbons (Fsp3) is 0.636. The number of cyclic esters (lactones) is 1. The van der Waals surface area contributed by atoms with Gasteiger partial charge >= 0.3 is 5.97 Å². The molecule has 3 fully saturated rings. The number of esters is 1. The second-order valence-electron chi connectivity index (χ2n) is 12.6. The third kappa shape index (κ3) is 10.6. The number of hydrogen-bond donors (Lipinski definition) is 7. The number of primary amides is 1. The second kappa shape index (κ2) is 16.6. The Morgan fingerprint density at radius 3 is 2.36 bits per heavy atom. The Labute approximate surface area is 273 Å². The summed E-state index contributed by atoms with van der Waals surface area (Å²) >= 11 is 0. The third-order valence-corrected chi connectivity index (χ3v) is 8.62. The number of ether oxygens (including phenoxy) is 5. The molecule has 4 rings (SSSR count). The first-order chi connectivity index (χ1) is 22.3. The van der Waals surface area contributed by atoms with Gasteiger partial charge in [0, 0.05) is 38.2 Å². The SMILES string of the molecule is C[C@@H]1C/C=C/C=C/C=C/C=C/[C@H](OC2O[C@H](C)[C@@H](O)[C@H](N)[C@@H]2O)CC2OC(O)(CC(O)[C@H]2C(N)=O)C[C@@H](O)C[C@H]2OC2/C=C/C(=O)O1. The summed E-state index contributed by atoms with van der Waals surface area (Å²) < 4.78 is 28.7. The molecular weight excluding hydrogens is 616 g/mol. The van der Waals surface area contributed by atoms with E-state index in [2.05, 4.69) is 0 Å². The van der Waals surface area contributed by atoms with Crippen molar-refractivity contribution in [3.05, 3.63) is 60.8 Å². The van der Waals surface area contributed by atoms with Crippen LogP contribution in [-0.4, -0.2) is 117 Å². The number of amides is 1. The van der Waals surface area contributed by atoms with E-state index in [-0.39, 0.29) is 25.4 Å². The molecule has 9 N–H and O–H groups in total. The van der Waals surface area contributed by atoms with Gasteiger partial charge in [0.2, 0.25) is 5.91 Å². The number of carbonyl (C=O) groups excluding carboxylic acids is 2. The zero-order valence-corrected chi connectivity index (χ0v) is 26.6. The molecule has 5 unspecified atom stereocenters. The molecule has 3 saturated heterocycles. The normalized spacial score (nSPS) is 47.2. The van der Waals surface area contributed by atoms with Gasteiger partial charge in [-0.2, -0.15) is 0 Å². The average molecular weight is 665 g/mol. The highest BCUT2D eigenvalue weighted by Gasteiger charge is 2.51. The van der Waals surface area contributed by atoms with Crippen molar-refractivity contribution in [2.45, 2.75) is 125 Å². The zero-order chi connectivity index (χ0) is 34.3. The van der Waals surface area contributed by atoms with Gasteiger partial charge < -0.3 is 60.7 Å². The average Bonchev–Trinajstić information content (AvgIpc) is 3.72. The first kappa shape index (κ1) is 37.1. The standard InChI is InChI=1S/C33H48N2O12/c1-18-10-8-6-4-3-5-7-9-11-21(45-32-30(40)28(34)29(39)19(2)44-32)15-25-27(31(35)41)22(37)17-33(42,47-25)16-20(36)14-24-23(46-24)12-13-26(38)43-18/h3-9,11-13,18-25,27-30,32,36-37,39-40,42H,10,14-17,34H2,1-2H3,(H2,35,41)/b4-3+,7-5+,8-6+,11-9+,13-12+/t18-,19-,20+,21+,22?,23?,24-,25?,27-,28+,29-,30+,32?,33?/m1/s1. The summed E-state index contributed by atoms with van der Waals surface area (Å²) in [6.07, 6.45) is 6.16. The van der Waals surface area contributed by atoms with Crippen LogP contribution in [0.5, 0.6) is 0 Å². The van der Waals surface area contributed by atoms with E-state index in [1.807, 2.05) is 12.2 Å².